The van der Waals surface area contributed by atoms with Gasteiger partial charge in [0.05, 0.1) is 15.0 Å². The van der Waals surface area contributed by atoms with Crippen molar-refractivity contribution >= 4 is 74.8 Å². The van der Waals surface area contributed by atoms with Crippen molar-refractivity contribution in [3.63, 3.8) is 0 Å². The second-order valence-corrected chi connectivity index (χ2v) is 13.5. The SMILES string of the molecule is CCCCc1nnc(SCC2=C(C(=O)O)N3C(=O)C(NC(=O)CS(=O)c4cccs4)[C@H]3SC2)s1. The van der Waals surface area contributed by atoms with Crippen molar-refractivity contribution in [2.24, 2.45) is 0 Å². The average molecular weight is 559 g/mol. The molecule has 2 aliphatic rings. The highest BCUT2D eigenvalue weighted by Gasteiger charge is 2.54. The molecular formula is C20H22N4O5S5. The normalized spacial score (nSPS) is 20.6. The molecule has 4 heterocycles. The van der Waals surface area contributed by atoms with E-state index in [1.807, 2.05) is 0 Å². The number of thioether (sulfide) groups is 2. The van der Waals surface area contributed by atoms with Crippen LogP contribution in [0.2, 0.25) is 0 Å². The molecule has 2 aromatic rings. The molecule has 2 aromatic heterocycles. The van der Waals surface area contributed by atoms with Crippen LogP contribution >= 0.6 is 46.2 Å². The van der Waals surface area contributed by atoms with Gasteiger partial charge in [-0.25, -0.2) is 4.79 Å². The molecule has 4 rings (SSSR count). The minimum atomic E-state index is -1.48. The van der Waals surface area contributed by atoms with Crippen LogP contribution in [0.3, 0.4) is 0 Å². The zero-order valence-corrected chi connectivity index (χ0v) is 22.2. The molecule has 0 spiro atoms. The van der Waals surface area contributed by atoms with Crippen LogP contribution in [0.1, 0.15) is 24.8 Å². The Kier molecular flexibility index (Phi) is 8.45. The second kappa shape index (κ2) is 11.3. The number of hydrogen-bond acceptors (Lipinski definition) is 10. The average Bonchev–Trinajstić information content (AvgIpc) is 3.51. The third-order valence-corrected chi connectivity index (χ3v) is 11.3. The van der Waals surface area contributed by atoms with Gasteiger partial charge in [-0.05, 0) is 23.4 Å². The smallest absolute Gasteiger partial charge is 0.352 e. The topological polar surface area (TPSA) is 130 Å². The number of aliphatic carboxylic acids is 1. The quantitative estimate of drug-likeness (QED) is 0.316. The Balaban J connectivity index is 1.38. The Hall–Kier alpha value is -1.74. The summed E-state index contributed by atoms with van der Waals surface area (Å²) in [5.41, 5.74) is 0.616. The first-order chi connectivity index (χ1) is 16.4. The zero-order valence-electron chi connectivity index (χ0n) is 18.1. The van der Waals surface area contributed by atoms with Crippen molar-refractivity contribution in [3.8, 4) is 0 Å². The Labute approximate surface area is 215 Å². The molecule has 0 aliphatic carbocycles. The van der Waals surface area contributed by atoms with Crippen LogP contribution in [0.5, 0.6) is 0 Å². The molecule has 34 heavy (non-hydrogen) atoms. The Morgan fingerprint density at radius 1 is 1.38 bits per heavy atom. The number of carboxylic acids is 1. The molecule has 1 fully saturated rings. The predicted molar refractivity (Wildman–Crippen MR) is 135 cm³/mol. The summed E-state index contributed by atoms with van der Waals surface area (Å²) < 4.78 is 13.6. The summed E-state index contributed by atoms with van der Waals surface area (Å²) in [6, 6.07) is 2.62. The van der Waals surface area contributed by atoms with Crippen LogP contribution in [0.15, 0.2) is 37.3 Å². The number of rotatable bonds is 11. The number of aryl methyl sites for hydroxylation is 1. The number of nitrogens with zero attached hydrogens (tertiary/aromatic N) is 3. The maximum absolute atomic E-state index is 12.8. The molecule has 2 aliphatic heterocycles. The molecule has 2 unspecified atom stereocenters. The standard InChI is InChI=1S/C20H22N4O5S5/c1-2-3-5-13-22-23-20(33-13)32-9-11-8-31-18-15(17(26)24(18)16(11)19(27)28)21-12(25)10-34(29)14-6-4-7-30-14/h4,6-7,15,18H,2-3,5,8-10H2,1H3,(H,21,25)(H,27,28)/t15?,18-,34?/m1/s1. The first-order valence-electron chi connectivity index (χ1n) is 10.5. The molecule has 9 nitrogen and oxygen atoms in total. The lowest BCUT2D eigenvalue weighted by atomic mass is 10.0. The highest BCUT2D eigenvalue weighted by Crippen LogP contribution is 2.41. The third kappa shape index (κ3) is 5.56. The summed E-state index contributed by atoms with van der Waals surface area (Å²) in [6.45, 7) is 2.11. The fourth-order valence-corrected chi connectivity index (χ4v) is 8.80. The fourth-order valence-electron chi connectivity index (χ4n) is 3.47. The van der Waals surface area contributed by atoms with Crippen molar-refractivity contribution in [2.75, 3.05) is 17.3 Å². The number of β-lactam (4-membered cyclic amide) rings is 1. The van der Waals surface area contributed by atoms with E-state index in [-0.39, 0.29) is 11.4 Å². The molecule has 1 saturated heterocycles. The molecule has 2 amide bonds. The van der Waals surface area contributed by atoms with E-state index in [0.29, 0.717) is 21.3 Å². The van der Waals surface area contributed by atoms with Crippen LogP contribution in [0.4, 0.5) is 0 Å². The molecular weight excluding hydrogens is 537 g/mol. The Morgan fingerprint density at radius 2 is 2.21 bits per heavy atom. The van der Waals surface area contributed by atoms with Gasteiger partial charge in [0, 0.05) is 17.9 Å². The highest BCUT2D eigenvalue weighted by molar-refractivity contribution is 8.01. The lowest BCUT2D eigenvalue weighted by molar-refractivity contribution is -0.150. The number of thiophene rings is 1. The number of aromatic nitrogens is 2. The van der Waals surface area contributed by atoms with E-state index < -0.39 is 40.0 Å². The van der Waals surface area contributed by atoms with Crippen molar-refractivity contribution < 1.29 is 23.7 Å². The van der Waals surface area contributed by atoms with Gasteiger partial charge in [0.15, 0.2) is 4.34 Å². The van der Waals surface area contributed by atoms with E-state index in [1.165, 1.54) is 51.1 Å². The number of carbonyl (C=O) groups is 3. The van der Waals surface area contributed by atoms with Crippen LogP contribution in [-0.2, 0) is 31.6 Å². The van der Waals surface area contributed by atoms with Gasteiger partial charge in [-0.2, -0.15) is 0 Å². The zero-order chi connectivity index (χ0) is 24.2. The summed E-state index contributed by atoms with van der Waals surface area (Å²) in [7, 11) is -1.48. The lowest BCUT2D eigenvalue weighted by Crippen LogP contribution is -2.70. The molecule has 0 bridgehead atoms. The number of fused-ring (bicyclic) bond motifs is 1. The van der Waals surface area contributed by atoms with Gasteiger partial charge < -0.3 is 10.4 Å². The summed E-state index contributed by atoms with van der Waals surface area (Å²) in [6.07, 6.45) is 3.00. The Morgan fingerprint density at radius 3 is 2.91 bits per heavy atom. The molecule has 14 heteroatoms. The minimum absolute atomic E-state index is 0.0235. The minimum Gasteiger partial charge on any atom is -0.477 e. The van der Waals surface area contributed by atoms with E-state index in [0.717, 1.165) is 28.6 Å². The second-order valence-electron chi connectivity index (χ2n) is 7.49. The molecule has 3 atom stereocenters. The first-order valence-corrected chi connectivity index (χ1v) is 15.5. The maximum atomic E-state index is 12.8. The number of carbonyl (C=O) groups excluding carboxylic acids is 2. The monoisotopic (exact) mass is 558 g/mol. The maximum Gasteiger partial charge on any atom is 0.352 e. The van der Waals surface area contributed by atoms with Gasteiger partial charge in [0.1, 0.15) is 27.9 Å². The predicted octanol–water partition coefficient (Wildman–Crippen LogP) is 2.58. The van der Waals surface area contributed by atoms with Crippen LogP contribution in [-0.4, -0.2) is 70.9 Å². The first kappa shape index (κ1) is 25.4. The van der Waals surface area contributed by atoms with Crippen molar-refractivity contribution in [1.29, 1.82) is 0 Å². The number of unbranched alkanes of at least 4 members (excludes halogenated alkanes) is 1. The van der Waals surface area contributed by atoms with Gasteiger partial charge in [0.25, 0.3) is 5.91 Å². The van der Waals surface area contributed by atoms with Gasteiger partial charge >= 0.3 is 5.97 Å². The molecule has 0 radical (unpaired) electrons. The van der Waals surface area contributed by atoms with E-state index in [4.69, 9.17) is 0 Å². The highest BCUT2D eigenvalue weighted by atomic mass is 32.2. The van der Waals surface area contributed by atoms with E-state index in [2.05, 4.69) is 22.4 Å². The van der Waals surface area contributed by atoms with Crippen LogP contribution in [0.25, 0.3) is 0 Å². The third-order valence-electron chi connectivity index (χ3n) is 5.11. The van der Waals surface area contributed by atoms with E-state index in [9.17, 15) is 23.7 Å². The Bertz CT molecular complexity index is 1130. The summed E-state index contributed by atoms with van der Waals surface area (Å²) in [5.74, 6) is -1.55. The number of nitrogens with one attached hydrogen (secondary N) is 1. The van der Waals surface area contributed by atoms with Gasteiger partial charge in [-0.15, -0.1) is 33.3 Å². The summed E-state index contributed by atoms with van der Waals surface area (Å²) in [4.78, 5) is 38.4. The molecule has 2 N–H and O–H groups in total. The lowest BCUT2D eigenvalue weighted by Gasteiger charge is -2.49. The largest absolute Gasteiger partial charge is 0.477 e. The molecule has 0 aromatic carbocycles. The summed E-state index contributed by atoms with van der Waals surface area (Å²) >= 11 is 5.64. The van der Waals surface area contributed by atoms with Gasteiger partial charge in [-0.1, -0.05) is 42.5 Å². The van der Waals surface area contributed by atoms with Gasteiger partial charge in [-0.3, -0.25) is 18.7 Å². The van der Waals surface area contributed by atoms with Crippen LogP contribution in [0, 0.1) is 0 Å². The molecule has 182 valence electrons. The number of hydrogen-bond donors (Lipinski definition) is 2. The molecule has 0 saturated carbocycles. The fraction of sp³-hybridized carbons (Fsp3) is 0.450. The van der Waals surface area contributed by atoms with Crippen LogP contribution < -0.4 is 5.32 Å². The number of carboxylic acid groups (broad SMARTS) is 1. The van der Waals surface area contributed by atoms with Crippen molar-refractivity contribution in [3.05, 3.63) is 33.8 Å². The van der Waals surface area contributed by atoms with Gasteiger partial charge in [0.2, 0.25) is 5.91 Å². The number of amides is 2. The van der Waals surface area contributed by atoms with E-state index >= 15 is 0 Å². The summed E-state index contributed by atoms with van der Waals surface area (Å²) in [5, 5.41) is 23.1. The van der Waals surface area contributed by atoms with Crippen molar-refractivity contribution in [2.45, 2.75) is 46.2 Å². The van der Waals surface area contributed by atoms with Crippen molar-refractivity contribution in [1.82, 2.24) is 20.4 Å². The van der Waals surface area contributed by atoms with E-state index in [1.54, 1.807) is 17.5 Å².